The first-order valence-electron chi connectivity index (χ1n) is 8.52. The van der Waals surface area contributed by atoms with Crippen LogP contribution in [0.15, 0.2) is 41.6 Å². The summed E-state index contributed by atoms with van der Waals surface area (Å²) in [6.45, 7) is 3.47. The highest BCUT2D eigenvalue weighted by Gasteiger charge is 2.31. The van der Waals surface area contributed by atoms with E-state index in [4.69, 9.17) is 21.1 Å². The van der Waals surface area contributed by atoms with Crippen LogP contribution in [0.3, 0.4) is 0 Å². The molecule has 0 aliphatic carbocycles. The number of hydrogen-bond acceptors (Lipinski definition) is 5. The molecule has 0 saturated heterocycles. The molecule has 0 fully saturated rings. The zero-order valence-corrected chi connectivity index (χ0v) is 15.8. The maximum atomic E-state index is 12.2. The van der Waals surface area contributed by atoms with Crippen molar-refractivity contribution in [2.45, 2.75) is 26.3 Å². The van der Waals surface area contributed by atoms with Gasteiger partial charge in [-0.1, -0.05) is 30.7 Å². The van der Waals surface area contributed by atoms with Gasteiger partial charge in [0.05, 0.1) is 23.9 Å². The Labute approximate surface area is 162 Å². The standard InChI is InChI=1S/C19H21ClN2O5/c1-3-14-17(18(24)26-4-2)15(22-19(25)21-14)11-27-16(23)10-7-12-5-8-13(20)9-6-12/h5-10,14H,3-4,11H2,1-2H3,(H2,21,22,25)/b10-7+/t14-/m0/s1. The zero-order chi connectivity index (χ0) is 19.8. The van der Waals surface area contributed by atoms with Crippen LogP contribution in [-0.4, -0.2) is 37.2 Å². The van der Waals surface area contributed by atoms with Gasteiger partial charge in [-0.05, 0) is 37.1 Å². The summed E-state index contributed by atoms with van der Waals surface area (Å²) < 4.78 is 10.2. The lowest BCUT2D eigenvalue weighted by Gasteiger charge is -2.28. The van der Waals surface area contributed by atoms with Crippen LogP contribution in [0.1, 0.15) is 25.8 Å². The van der Waals surface area contributed by atoms with Gasteiger partial charge in [-0.25, -0.2) is 14.4 Å². The van der Waals surface area contributed by atoms with Crippen LogP contribution in [0.25, 0.3) is 6.08 Å². The highest BCUT2D eigenvalue weighted by Crippen LogP contribution is 2.17. The smallest absolute Gasteiger partial charge is 0.338 e. The maximum Gasteiger partial charge on any atom is 0.338 e. The molecule has 2 amide bonds. The zero-order valence-electron chi connectivity index (χ0n) is 15.1. The molecule has 1 aromatic rings. The van der Waals surface area contributed by atoms with Gasteiger partial charge in [-0.15, -0.1) is 0 Å². The Kier molecular flexibility index (Phi) is 7.43. The Morgan fingerprint density at radius 1 is 1.19 bits per heavy atom. The Balaban J connectivity index is 2.09. The van der Waals surface area contributed by atoms with E-state index in [2.05, 4.69) is 10.6 Å². The number of halogens is 1. The predicted molar refractivity (Wildman–Crippen MR) is 101 cm³/mol. The van der Waals surface area contributed by atoms with Gasteiger partial charge in [0.1, 0.15) is 6.61 Å². The summed E-state index contributed by atoms with van der Waals surface area (Å²) in [7, 11) is 0. The molecule has 1 aliphatic rings. The molecule has 2 rings (SSSR count). The second-order valence-electron chi connectivity index (χ2n) is 5.66. The number of benzene rings is 1. The van der Waals surface area contributed by atoms with Crippen molar-refractivity contribution in [2.75, 3.05) is 13.2 Å². The second-order valence-corrected chi connectivity index (χ2v) is 6.10. The molecule has 0 saturated carbocycles. The molecule has 1 aromatic carbocycles. The van der Waals surface area contributed by atoms with Gasteiger partial charge in [-0.3, -0.25) is 0 Å². The summed E-state index contributed by atoms with van der Waals surface area (Å²) in [5.74, 6) is -1.17. The molecule has 0 radical (unpaired) electrons. The second kappa shape index (κ2) is 9.78. The molecule has 0 bridgehead atoms. The van der Waals surface area contributed by atoms with E-state index in [1.165, 1.54) is 6.08 Å². The van der Waals surface area contributed by atoms with Crippen LogP contribution >= 0.6 is 11.6 Å². The summed E-state index contributed by atoms with van der Waals surface area (Å²) in [6, 6.07) is 5.96. The van der Waals surface area contributed by atoms with Crippen molar-refractivity contribution in [2.24, 2.45) is 0 Å². The number of hydrogen-bond donors (Lipinski definition) is 2. The average Bonchev–Trinajstić information content (AvgIpc) is 2.65. The van der Waals surface area contributed by atoms with Gasteiger partial charge in [0.2, 0.25) is 0 Å². The Hall–Kier alpha value is -2.80. The monoisotopic (exact) mass is 392 g/mol. The molecular weight excluding hydrogens is 372 g/mol. The van der Waals surface area contributed by atoms with E-state index in [0.717, 1.165) is 5.56 Å². The highest BCUT2D eigenvalue weighted by atomic mass is 35.5. The fourth-order valence-corrected chi connectivity index (χ4v) is 2.63. The van der Waals surface area contributed by atoms with E-state index in [1.54, 1.807) is 37.3 Å². The molecule has 0 unspecified atom stereocenters. The lowest BCUT2D eigenvalue weighted by Crippen LogP contribution is -2.51. The Morgan fingerprint density at radius 3 is 2.52 bits per heavy atom. The van der Waals surface area contributed by atoms with Crippen molar-refractivity contribution in [3.05, 3.63) is 52.2 Å². The van der Waals surface area contributed by atoms with Gasteiger partial charge in [-0.2, -0.15) is 0 Å². The minimum Gasteiger partial charge on any atom is -0.463 e. The lowest BCUT2D eigenvalue weighted by molar-refractivity contribution is -0.140. The van der Waals surface area contributed by atoms with Gasteiger partial charge in [0.15, 0.2) is 0 Å². The Bertz CT molecular complexity index is 771. The van der Waals surface area contributed by atoms with Gasteiger partial charge >= 0.3 is 18.0 Å². The third-order valence-corrected chi connectivity index (χ3v) is 4.04. The van der Waals surface area contributed by atoms with E-state index in [0.29, 0.717) is 11.4 Å². The largest absolute Gasteiger partial charge is 0.463 e. The van der Waals surface area contributed by atoms with Crippen LogP contribution in [0.5, 0.6) is 0 Å². The maximum absolute atomic E-state index is 12.2. The number of esters is 2. The number of carbonyl (C=O) groups excluding carboxylic acids is 3. The van der Waals surface area contributed by atoms with Crippen molar-refractivity contribution < 1.29 is 23.9 Å². The van der Waals surface area contributed by atoms with Gasteiger partial charge in [0.25, 0.3) is 0 Å². The number of amides is 2. The van der Waals surface area contributed by atoms with E-state index >= 15 is 0 Å². The van der Waals surface area contributed by atoms with Crippen LogP contribution in [0.4, 0.5) is 4.79 Å². The third-order valence-electron chi connectivity index (χ3n) is 3.79. The molecule has 2 N–H and O–H groups in total. The molecule has 7 nitrogen and oxygen atoms in total. The third kappa shape index (κ3) is 5.86. The Morgan fingerprint density at radius 2 is 1.89 bits per heavy atom. The fraction of sp³-hybridized carbons (Fsp3) is 0.316. The number of nitrogens with one attached hydrogen (secondary N) is 2. The summed E-state index contributed by atoms with van der Waals surface area (Å²) in [5, 5.41) is 5.77. The van der Waals surface area contributed by atoms with Crippen LogP contribution in [0, 0.1) is 0 Å². The summed E-state index contributed by atoms with van der Waals surface area (Å²) in [6.07, 6.45) is 3.33. The molecule has 1 aliphatic heterocycles. The molecular formula is C19H21ClN2O5. The number of rotatable bonds is 7. The lowest BCUT2D eigenvalue weighted by atomic mass is 10.0. The highest BCUT2D eigenvalue weighted by molar-refractivity contribution is 6.30. The van der Waals surface area contributed by atoms with Gasteiger partial charge < -0.3 is 20.1 Å². The van der Waals surface area contributed by atoms with E-state index in [9.17, 15) is 14.4 Å². The van der Waals surface area contributed by atoms with Crippen LogP contribution in [0.2, 0.25) is 5.02 Å². The molecule has 144 valence electrons. The molecule has 8 heteroatoms. The van der Waals surface area contributed by atoms with Crippen molar-refractivity contribution >= 4 is 35.6 Å². The first kappa shape index (κ1) is 20.5. The molecule has 1 atom stereocenters. The molecule has 27 heavy (non-hydrogen) atoms. The number of carbonyl (C=O) groups is 3. The normalized spacial score (nSPS) is 16.7. The first-order chi connectivity index (χ1) is 12.9. The van der Waals surface area contributed by atoms with E-state index in [1.807, 2.05) is 6.92 Å². The first-order valence-corrected chi connectivity index (χ1v) is 8.90. The van der Waals surface area contributed by atoms with Crippen molar-refractivity contribution in [3.8, 4) is 0 Å². The number of urea groups is 1. The molecule has 1 heterocycles. The minimum atomic E-state index is -0.610. The predicted octanol–water partition coefficient (Wildman–Crippen LogP) is 2.81. The SMILES string of the molecule is CCOC(=O)C1=C(COC(=O)/C=C/c2ccc(Cl)cc2)NC(=O)N[C@H]1CC. The van der Waals surface area contributed by atoms with E-state index in [-0.39, 0.29) is 24.5 Å². The van der Waals surface area contributed by atoms with Crippen LogP contribution < -0.4 is 10.6 Å². The minimum absolute atomic E-state index is 0.198. The van der Waals surface area contributed by atoms with Gasteiger partial charge in [0, 0.05) is 11.1 Å². The number of ether oxygens (including phenoxy) is 2. The summed E-state index contributed by atoms with van der Waals surface area (Å²) >= 11 is 5.81. The summed E-state index contributed by atoms with van der Waals surface area (Å²) in [5.41, 5.74) is 1.26. The average molecular weight is 393 g/mol. The molecule has 0 aromatic heterocycles. The quantitative estimate of drug-likeness (QED) is 0.549. The fourth-order valence-electron chi connectivity index (χ4n) is 2.51. The van der Waals surface area contributed by atoms with Crippen molar-refractivity contribution in [1.29, 1.82) is 0 Å². The van der Waals surface area contributed by atoms with Crippen molar-refractivity contribution in [3.63, 3.8) is 0 Å². The van der Waals surface area contributed by atoms with Crippen LogP contribution in [-0.2, 0) is 19.1 Å². The van der Waals surface area contributed by atoms with E-state index < -0.39 is 24.0 Å². The molecule has 0 spiro atoms. The topological polar surface area (TPSA) is 93.7 Å². The van der Waals surface area contributed by atoms with Crippen molar-refractivity contribution in [1.82, 2.24) is 10.6 Å². The summed E-state index contributed by atoms with van der Waals surface area (Å²) in [4.78, 5) is 36.0.